The Hall–Kier alpha value is -0.610. The van der Waals surface area contributed by atoms with E-state index >= 15 is 0 Å². The van der Waals surface area contributed by atoms with Gasteiger partial charge in [0, 0.05) is 39.9 Å². The van der Waals surface area contributed by atoms with Crippen LogP contribution in [-0.4, -0.2) is 23.4 Å². The fraction of sp³-hybridized carbons (Fsp3) is 0.400. The number of pyridine rings is 1. The normalized spacial score (nSPS) is 17.1. The Bertz CT molecular complexity index is 577. The van der Waals surface area contributed by atoms with Crippen molar-refractivity contribution in [2.24, 2.45) is 5.92 Å². The van der Waals surface area contributed by atoms with Crippen LogP contribution in [0.2, 0.25) is 0 Å². The van der Waals surface area contributed by atoms with E-state index < -0.39 is 0 Å². The zero-order chi connectivity index (χ0) is 13.2. The molecule has 1 aliphatic rings. The zero-order valence-electron chi connectivity index (χ0n) is 10.6. The second-order valence-electron chi connectivity index (χ2n) is 5.05. The lowest BCUT2D eigenvalue weighted by Gasteiger charge is -2.32. The van der Waals surface area contributed by atoms with Crippen molar-refractivity contribution in [2.75, 3.05) is 23.3 Å². The van der Waals surface area contributed by atoms with E-state index in [1.165, 1.54) is 23.6 Å². The van der Waals surface area contributed by atoms with E-state index in [4.69, 9.17) is 0 Å². The van der Waals surface area contributed by atoms with Crippen molar-refractivity contribution in [3.8, 4) is 0 Å². The Morgan fingerprint density at radius 1 is 1.16 bits per heavy atom. The van der Waals surface area contributed by atoms with Gasteiger partial charge in [-0.25, -0.2) is 4.98 Å². The third kappa shape index (κ3) is 2.65. The molecular formula is C15H16Br2N2. The fourth-order valence-corrected chi connectivity index (χ4v) is 3.85. The number of fused-ring (bicyclic) bond motifs is 1. The van der Waals surface area contributed by atoms with Crippen LogP contribution in [0.4, 0.5) is 5.82 Å². The minimum atomic E-state index is 0.818. The van der Waals surface area contributed by atoms with Crippen LogP contribution < -0.4 is 4.90 Å². The molecular weight excluding hydrogens is 368 g/mol. The van der Waals surface area contributed by atoms with Gasteiger partial charge in [-0.1, -0.05) is 44.0 Å². The summed E-state index contributed by atoms with van der Waals surface area (Å²) in [5.74, 6) is 1.95. The van der Waals surface area contributed by atoms with Crippen molar-refractivity contribution in [1.82, 2.24) is 4.98 Å². The minimum Gasteiger partial charge on any atom is -0.356 e. The lowest BCUT2D eigenvalue weighted by Crippen LogP contribution is -2.34. The second kappa shape index (κ2) is 5.80. The third-order valence-electron chi connectivity index (χ3n) is 3.86. The topological polar surface area (TPSA) is 16.1 Å². The van der Waals surface area contributed by atoms with E-state index in [0.29, 0.717) is 0 Å². The van der Waals surface area contributed by atoms with E-state index in [0.717, 1.165) is 34.6 Å². The summed E-state index contributed by atoms with van der Waals surface area (Å²) < 4.78 is 1.14. The van der Waals surface area contributed by atoms with Crippen LogP contribution in [0.15, 0.2) is 34.9 Å². The van der Waals surface area contributed by atoms with Crippen molar-refractivity contribution in [3.63, 3.8) is 0 Å². The van der Waals surface area contributed by atoms with Crippen molar-refractivity contribution in [1.29, 1.82) is 0 Å². The molecule has 19 heavy (non-hydrogen) atoms. The van der Waals surface area contributed by atoms with Gasteiger partial charge in [0.1, 0.15) is 5.82 Å². The summed E-state index contributed by atoms with van der Waals surface area (Å²) in [6, 6.07) is 8.42. The van der Waals surface area contributed by atoms with Gasteiger partial charge in [-0.15, -0.1) is 0 Å². The van der Waals surface area contributed by atoms with Crippen LogP contribution in [0, 0.1) is 5.92 Å². The first kappa shape index (κ1) is 13.4. The molecule has 1 aliphatic heterocycles. The van der Waals surface area contributed by atoms with Crippen LogP contribution in [0.3, 0.4) is 0 Å². The molecule has 0 saturated carbocycles. The molecule has 1 aromatic heterocycles. The first-order valence-electron chi connectivity index (χ1n) is 6.63. The number of hydrogen-bond acceptors (Lipinski definition) is 2. The summed E-state index contributed by atoms with van der Waals surface area (Å²) in [4.78, 5) is 7.04. The molecule has 0 N–H and O–H groups in total. The van der Waals surface area contributed by atoms with Crippen molar-refractivity contribution in [2.45, 2.75) is 12.8 Å². The Balaban J connectivity index is 1.95. The molecule has 0 aliphatic carbocycles. The monoisotopic (exact) mass is 382 g/mol. The average molecular weight is 384 g/mol. The number of aromatic nitrogens is 1. The lowest BCUT2D eigenvalue weighted by atomic mass is 9.99. The molecule has 0 unspecified atom stereocenters. The highest BCUT2D eigenvalue weighted by molar-refractivity contribution is 9.10. The van der Waals surface area contributed by atoms with Crippen LogP contribution in [0.5, 0.6) is 0 Å². The molecule has 2 nitrogen and oxygen atoms in total. The maximum Gasteiger partial charge on any atom is 0.136 e. The zero-order valence-corrected chi connectivity index (χ0v) is 13.8. The largest absolute Gasteiger partial charge is 0.356 e. The quantitative estimate of drug-likeness (QED) is 0.704. The fourth-order valence-electron chi connectivity index (χ4n) is 2.70. The summed E-state index contributed by atoms with van der Waals surface area (Å²) >= 11 is 7.22. The number of hydrogen-bond donors (Lipinski definition) is 0. The molecule has 0 amide bonds. The van der Waals surface area contributed by atoms with Gasteiger partial charge in [0.05, 0.1) is 0 Å². The SMILES string of the molecule is BrCC1CCN(c2nccc3c(Br)cccc23)CC1. The van der Waals surface area contributed by atoms with E-state index in [1.807, 2.05) is 6.20 Å². The van der Waals surface area contributed by atoms with Gasteiger partial charge >= 0.3 is 0 Å². The highest BCUT2D eigenvalue weighted by Gasteiger charge is 2.20. The molecule has 4 heteroatoms. The van der Waals surface area contributed by atoms with E-state index in [-0.39, 0.29) is 0 Å². The number of rotatable bonds is 2. The molecule has 2 aromatic rings. The van der Waals surface area contributed by atoms with Crippen molar-refractivity contribution >= 4 is 48.5 Å². The van der Waals surface area contributed by atoms with Crippen LogP contribution in [0.1, 0.15) is 12.8 Å². The predicted molar refractivity (Wildman–Crippen MR) is 88.2 cm³/mol. The van der Waals surface area contributed by atoms with E-state index in [9.17, 15) is 0 Å². The number of alkyl halides is 1. The highest BCUT2D eigenvalue weighted by atomic mass is 79.9. The van der Waals surface area contributed by atoms with Crippen molar-refractivity contribution < 1.29 is 0 Å². The molecule has 2 heterocycles. The summed E-state index contributed by atoms with van der Waals surface area (Å²) in [5.41, 5.74) is 0. The number of piperidine rings is 1. The first-order valence-corrected chi connectivity index (χ1v) is 8.55. The molecule has 100 valence electrons. The standard InChI is InChI=1S/C15H16Br2N2/c16-10-11-5-8-19(9-6-11)15-13-2-1-3-14(17)12(13)4-7-18-15/h1-4,7,11H,5-6,8-10H2. The Morgan fingerprint density at radius 3 is 2.68 bits per heavy atom. The van der Waals surface area contributed by atoms with Gasteiger partial charge in [-0.3, -0.25) is 0 Å². The third-order valence-corrected chi connectivity index (χ3v) is 5.47. The van der Waals surface area contributed by atoms with Gasteiger partial charge < -0.3 is 4.90 Å². The number of nitrogens with zero attached hydrogens (tertiary/aromatic N) is 2. The number of halogens is 2. The first-order chi connectivity index (χ1) is 9.29. The molecule has 0 bridgehead atoms. The van der Waals surface area contributed by atoms with Gasteiger partial charge in [-0.2, -0.15) is 0 Å². The van der Waals surface area contributed by atoms with E-state index in [2.05, 4.69) is 66.0 Å². The summed E-state index contributed by atoms with van der Waals surface area (Å²) in [7, 11) is 0. The summed E-state index contributed by atoms with van der Waals surface area (Å²) in [5, 5.41) is 3.61. The van der Waals surface area contributed by atoms with Gasteiger partial charge in [0.15, 0.2) is 0 Å². The molecule has 0 spiro atoms. The number of anilines is 1. The average Bonchev–Trinajstić information content (AvgIpc) is 2.47. The highest BCUT2D eigenvalue weighted by Crippen LogP contribution is 2.32. The maximum atomic E-state index is 4.62. The Morgan fingerprint density at radius 2 is 1.95 bits per heavy atom. The molecule has 3 rings (SSSR count). The predicted octanol–water partition coefficient (Wildman–Crippen LogP) is 4.61. The Labute approximate surface area is 130 Å². The van der Waals surface area contributed by atoms with Crippen LogP contribution in [0.25, 0.3) is 10.8 Å². The van der Waals surface area contributed by atoms with Gasteiger partial charge in [0.25, 0.3) is 0 Å². The lowest BCUT2D eigenvalue weighted by molar-refractivity contribution is 0.446. The summed E-state index contributed by atoms with van der Waals surface area (Å²) in [6.45, 7) is 2.21. The van der Waals surface area contributed by atoms with E-state index in [1.54, 1.807) is 0 Å². The van der Waals surface area contributed by atoms with Crippen LogP contribution >= 0.6 is 31.9 Å². The molecule has 1 aromatic carbocycles. The molecule has 1 fully saturated rings. The Kier molecular flexibility index (Phi) is 4.08. The maximum absolute atomic E-state index is 4.62. The number of benzene rings is 1. The van der Waals surface area contributed by atoms with Gasteiger partial charge in [-0.05, 0) is 30.9 Å². The summed E-state index contributed by atoms with van der Waals surface area (Å²) in [6.07, 6.45) is 4.41. The van der Waals surface area contributed by atoms with Crippen LogP contribution in [-0.2, 0) is 0 Å². The molecule has 0 radical (unpaired) electrons. The second-order valence-corrected chi connectivity index (χ2v) is 6.56. The van der Waals surface area contributed by atoms with Crippen molar-refractivity contribution in [3.05, 3.63) is 34.9 Å². The smallest absolute Gasteiger partial charge is 0.136 e. The molecule has 1 saturated heterocycles. The van der Waals surface area contributed by atoms with Gasteiger partial charge in [0.2, 0.25) is 0 Å². The molecule has 0 atom stereocenters. The minimum absolute atomic E-state index is 0.818.